The number of aromatic amines is 1. The summed E-state index contributed by atoms with van der Waals surface area (Å²) in [7, 11) is 0. The number of rotatable bonds is 2. The molecule has 0 unspecified atom stereocenters. The van der Waals surface area contributed by atoms with E-state index in [1.807, 2.05) is 6.92 Å². The van der Waals surface area contributed by atoms with Gasteiger partial charge in [-0.25, -0.2) is 4.79 Å². The number of terminal acetylenes is 1. The van der Waals surface area contributed by atoms with Gasteiger partial charge in [-0.3, -0.25) is 14.3 Å². The maximum atomic E-state index is 11.1. The summed E-state index contributed by atoms with van der Waals surface area (Å²) in [6.07, 6.45) is 7.14. The van der Waals surface area contributed by atoms with Crippen molar-refractivity contribution >= 4 is 0 Å². The molecule has 0 bridgehead atoms. The van der Waals surface area contributed by atoms with Crippen LogP contribution in [0.4, 0.5) is 0 Å². The quantitative estimate of drug-likeness (QED) is 0.634. The number of hydrogen-bond acceptors (Lipinski definition) is 2. The van der Waals surface area contributed by atoms with Crippen molar-refractivity contribution in [1.29, 1.82) is 0 Å². The van der Waals surface area contributed by atoms with E-state index in [1.165, 1.54) is 10.8 Å². The van der Waals surface area contributed by atoms with Gasteiger partial charge in [0.2, 0.25) is 0 Å². The second-order valence-corrected chi connectivity index (χ2v) is 2.60. The molecule has 0 saturated carbocycles. The molecular formula is C9H10N2O2. The Kier molecular flexibility index (Phi) is 2.70. The molecule has 1 aromatic rings. The lowest BCUT2D eigenvalue weighted by Gasteiger charge is -2.01. The van der Waals surface area contributed by atoms with E-state index in [2.05, 4.69) is 10.9 Å². The van der Waals surface area contributed by atoms with Crippen molar-refractivity contribution in [3.63, 3.8) is 0 Å². The highest BCUT2D eigenvalue weighted by atomic mass is 16.2. The van der Waals surface area contributed by atoms with Gasteiger partial charge in [-0.2, -0.15) is 0 Å². The first kappa shape index (κ1) is 9.33. The van der Waals surface area contributed by atoms with Crippen LogP contribution in [0.25, 0.3) is 0 Å². The van der Waals surface area contributed by atoms with Gasteiger partial charge >= 0.3 is 5.69 Å². The fourth-order valence-corrected chi connectivity index (χ4v) is 1.02. The lowest BCUT2D eigenvalue weighted by atomic mass is 10.3. The first-order valence-electron chi connectivity index (χ1n) is 3.95. The molecule has 1 rings (SSSR count). The van der Waals surface area contributed by atoms with E-state index >= 15 is 0 Å². The van der Waals surface area contributed by atoms with Crippen molar-refractivity contribution in [3.05, 3.63) is 32.6 Å². The van der Waals surface area contributed by atoms with Crippen LogP contribution in [0.1, 0.15) is 12.5 Å². The highest BCUT2D eigenvalue weighted by molar-refractivity contribution is 5.05. The molecule has 68 valence electrons. The van der Waals surface area contributed by atoms with Gasteiger partial charge in [-0.1, -0.05) is 12.8 Å². The maximum Gasteiger partial charge on any atom is 0.329 e. The molecule has 0 aliphatic carbocycles. The molecule has 0 aliphatic rings. The zero-order chi connectivity index (χ0) is 9.84. The summed E-state index contributed by atoms with van der Waals surface area (Å²) in [5.74, 6) is 2.34. The Morgan fingerprint density at radius 2 is 2.31 bits per heavy atom. The molecule has 0 saturated heterocycles. The third-order valence-electron chi connectivity index (χ3n) is 1.73. The van der Waals surface area contributed by atoms with Gasteiger partial charge in [0, 0.05) is 11.8 Å². The third-order valence-corrected chi connectivity index (χ3v) is 1.73. The summed E-state index contributed by atoms with van der Waals surface area (Å²) in [4.78, 5) is 24.4. The molecular weight excluding hydrogens is 168 g/mol. The Hall–Kier alpha value is -1.76. The number of hydrogen-bond donors (Lipinski definition) is 1. The Balaban J connectivity index is 3.33. The summed E-state index contributed by atoms with van der Waals surface area (Å²) in [6.45, 7) is 2.03. The molecule has 0 aliphatic heterocycles. The molecule has 4 heteroatoms. The van der Waals surface area contributed by atoms with Gasteiger partial charge in [0.15, 0.2) is 0 Å². The van der Waals surface area contributed by atoms with Crippen molar-refractivity contribution in [2.45, 2.75) is 19.9 Å². The zero-order valence-electron chi connectivity index (χ0n) is 7.33. The van der Waals surface area contributed by atoms with Crippen LogP contribution in [0.2, 0.25) is 0 Å². The van der Waals surface area contributed by atoms with Crippen LogP contribution in [0.15, 0.2) is 15.8 Å². The molecule has 0 fully saturated rings. The summed E-state index contributed by atoms with van der Waals surface area (Å²) in [6, 6.07) is 0. The molecule has 1 heterocycles. The third kappa shape index (κ3) is 1.88. The molecule has 1 aromatic heterocycles. The van der Waals surface area contributed by atoms with E-state index in [4.69, 9.17) is 6.42 Å². The Morgan fingerprint density at radius 3 is 2.85 bits per heavy atom. The average Bonchev–Trinajstić information content (AvgIpc) is 2.10. The van der Waals surface area contributed by atoms with E-state index in [-0.39, 0.29) is 12.1 Å². The summed E-state index contributed by atoms with van der Waals surface area (Å²) in [5.41, 5.74) is -0.226. The van der Waals surface area contributed by atoms with Gasteiger partial charge in [-0.05, 0) is 6.42 Å². The molecule has 1 N–H and O–H groups in total. The number of nitrogens with one attached hydrogen (secondary N) is 1. The van der Waals surface area contributed by atoms with Crippen LogP contribution in [0.3, 0.4) is 0 Å². The lowest BCUT2D eigenvalue weighted by Crippen LogP contribution is -2.31. The fraction of sp³-hybridized carbons (Fsp3) is 0.333. The van der Waals surface area contributed by atoms with Crippen molar-refractivity contribution in [2.24, 2.45) is 0 Å². The number of aryl methyl sites for hydroxylation is 1. The first-order chi connectivity index (χ1) is 6.19. The smallest absolute Gasteiger partial charge is 0.289 e. The van der Waals surface area contributed by atoms with Crippen LogP contribution in [0.5, 0.6) is 0 Å². The lowest BCUT2D eigenvalue weighted by molar-refractivity contribution is 0.734. The van der Waals surface area contributed by atoms with Crippen LogP contribution in [0, 0.1) is 12.3 Å². The largest absolute Gasteiger partial charge is 0.329 e. The predicted octanol–water partition coefficient (Wildman–Crippen LogP) is -0.268. The molecule has 0 amide bonds. The summed E-state index contributed by atoms with van der Waals surface area (Å²) >= 11 is 0. The second-order valence-electron chi connectivity index (χ2n) is 2.60. The normalized spacial score (nSPS) is 9.54. The summed E-state index contributed by atoms with van der Waals surface area (Å²) < 4.78 is 1.31. The van der Waals surface area contributed by atoms with Gasteiger partial charge in [0.25, 0.3) is 5.56 Å². The van der Waals surface area contributed by atoms with Crippen molar-refractivity contribution in [3.8, 4) is 12.3 Å². The monoisotopic (exact) mass is 178 g/mol. The Labute approximate surface area is 75.2 Å². The van der Waals surface area contributed by atoms with Gasteiger partial charge < -0.3 is 0 Å². The molecule has 0 radical (unpaired) electrons. The number of nitrogens with zero attached hydrogens (tertiary/aromatic N) is 1. The second kappa shape index (κ2) is 3.76. The van der Waals surface area contributed by atoms with Crippen LogP contribution in [-0.4, -0.2) is 9.55 Å². The zero-order valence-corrected chi connectivity index (χ0v) is 7.33. The molecule has 4 nitrogen and oxygen atoms in total. The topological polar surface area (TPSA) is 54.9 Å². The minimum absolute atomic E-state index is 0.183. The number of H-pyrrole nitrogens is 1. The van der Waals surface area contributed by atoms with Crippen molar-refractivity contribution in [1.82, 2.24) is 9.55 Å². The van der Waals surface area contributed by atoms with Crippen LogP contribution < -0.4 is 11.2 Å². The molecule has 13 heavy (non-hydrogen) atoms. The van der Waals surface area contributed by atoms with Crippen molar-refractivity contribution in [2.75, 3.05) is 0 Å². The van der Waals surface area contributed by atoms with E-state index in [0.29, 0.717) is 12.0 Å². The minimum Gasteiger partial charge on any atom is -0.289 e. The van der Waals surface area contributed by atoms with E-state index in [1.54, 1.807) is 0 Å². The van der Waals surface area contributed by atoms with Crippen molar-refractivity contribution < 1.29 is 0 Å². The van der Waals surface area contributed by atoms with Gasteiger partial charge in [0.1, 0.15) is 0 Å². The molecule has 0 aromatic carbocycles. The average molecular weight is 178 g/mol. The molecule has 0 atom stereocenters. The van der Waals surface area contributed by atoms with E-state index < -0.39 is 5.69 Å². The highest BCUT2D eigenvalue weighted by Gasteiger charge is 2.00. The Morgan fingerprint density at radius 1 is 1.62 bits per heavy atom. The SMILES string of the molecule is C#CCn1cc(CC)c(=O)[nH]c1=O. The van der Waals surface area contributed by atoms with Gasteiger partial charge in [-0.15, -0.1) is 6.42 Å². The van der Waals surface area contributed by atoms with Crippen LogP contribution >= 0.6 is 0 Å². The minimum atomic E-state index is -0.458. The summed E-state index contributed by atoms with van der Waals surface area (Å²) in [5, 5.41) is 0. The fourth-order valence-electron chi connectivity index (χ4n) is 1.02. The predicted molar refractivity (Wildman–Crippen MR) is 49.5 cm³/mol. The van der Waals surface area contributed by atoms with E-state index in [9.17, 15) is 9.59 Å². The van der Waals surface area contributed by atoms with Gasteiger partial charge in [0.05, 0.1) is 6.54 Å². The van der Waals surface area contributed by atoms with Crippen LogP contribution in [-0.2, 0) is 13.0 Å². The molecule has 0 spiro atoms. The first-order valence-corrected chi connectivity index (χ1v) is 3.95. The standard InChI is InChI=1S/C9H10N2O2/c1-3-5-11-6-7(4-2)8(12)10-9(11)13/h1,6H,4-5H2,2H3,(H,10,12,13). The Bertz CT molecular complexity index is 448. The maximum absolute atomic E-state index is 11.1. The van der Waals surface area contributed by atoms with E-state index in [0.717, 1.165) is 0 Å². The number of aromatic nitrogens is 2. The highest BCUT2D eigenvalue weighted by Crippen LogP contribution is 1.87.